The van der Waals surface area contributed by atoms with E-state index in [-0.39, 0.29) is 11.3 Å². The molecule has 0 aliphatic carbocycles. The highest BCUT2D eigenvalue weighted by Crippen LogP contribution is 2.37. The first kappa shape index (κ1) is 19.0. The lowest BCUT2D eigenvalue weighted by molar-refractivity contribution is -0.118. The van der Waals surface area contributed by atoms with Crippen LogP contribution in [0.25, 0.3) is 0 Å². The van der Waals surface area contributed by atoms with E-state index >= 15 is 0 Å². The second kappa shape index (κ2) is 9.84. The maximum Gasteiger partial charge on any atom is 0.225 e. The number of rotatable bonds is 8. The third-order valence-corrected chi connectivity index (χ3v) is 4.63. The highest BCUT2D eigenvalue weighted by atomic mass is 16.5. The van der Waals surface area contributed by atoms with Gasteiger partial charge in [-0.1, -0.05) is 49.1 Å². The van der Waals surface area contributed by atoms with Crippen LogP contribution in [0.15, 0.2) is 61.2 Å². The molecule has 25 heavy (non-hydrogen) atoms. The van der Waals surface area contributed by atoms with Gasteiger partial charge in [0.05, 0.1) is 12.8 Å². The van der Waals surface area contributed by atoms with Gasteiger partial charge in [-0.05, 0) is 49.9 Å². The zero-order valence-electron chi connectivity index (χ0n) is 15.0. The molecule has 2 N–H and O–H groups in total. The highest BCUT2D eigenvalue weighted by Gasteiger charge is 2.33. The molecule has 1 amide bonds. The van der Waals surface area contributed by atoms with E-state index in [0.29, 0.717) is 12.2 Å². The lowest BCUT2D eigenvalue weighted by Gasteiger charge is -2.36. The van der Waals surface area contributed by atoms with Crippen molar-refractivity contribution in [1.29, 1.82) is 0 Å². The van der Waals surface area contributed by atoms with Gasteiger partial charge in [0.1, 0.15) is 5.75 Å². The Hall–Kier alpha value is -2.33. The summed E-state index contributed by atoms with van der Waals surface area (Å²) in [5, 5.41) is 6.40. The molecule has 1 aromatic rings. The Kier molecular flexibility index (Phi) is 7.48. The van der Waals surface area contributed by atoms with E-state index in [1.165, 1.54) is 0 Å². The predicted molar refractivity (Wildman–Crippen MR) is 104 cm³/mol. The second-order valence-corrected chi connectivity index (χ2v) is 6.43. The molecule has 1 saturated heterocycles. The number of nitrogens with one attached hydrogen (secondary N) is 2. The minimum Gasteiger partial charge on any atom is -0.495 e. The predicted octanol–water partition coefficient (Wildman–Crippen LogP) is 4.08. The monoisotopic (exact) mass is 340 g/mol. The summed E-state index contributed by atoms with van der Waals surface area (Å²) in [6, 6.07) is 7.51. The van der Waals surface area contributed by atoms with Gasteiger partial charge in [0, 0.05) is 6.42 Å². The summed E-state index contributed by atoms with van der Waals surface area (Å²) < 4.78 is 5.31. The minimum absolute atomic E-state index is 0.00979. The number of hydrogen-bond acceptors (Lipinski definition) is 3. The average Bonchev–Trinajstić information content (AvgIpc) is 2.62. The largest absolute Gasteiger partial charge is 0.495 e. The number of anilines is 1. The van der Waals surface area contributed by atoms with E-state index in [1.807, 2.05) is 42.5 Å². The average molecular weight is 340 g/mol. The Balaban J connectivity index is 2.02. The Morgan fingerprint density at radius 3 is 2.76 bits per heavy atom. The van der Waals surface area contributed by atoms with Crippen LogP contribution in [0.3, 0.4) is 0 Å². The fourth-order valence-corrected chi connectivity index (χ4v) is 3.23. The Labute approximate surface area is 150 Å². The van der Waals surface area contributed by atoms with Crippen LogP contribution < -0.4 is 15.4 Å². The van der Waals surface area contributed by atoms with Crippen molar-refractivity contribution in [1.82, 2.24) is 5.32 Å². The lowest BCUT2D eigenvalue weighted by atomic mass is 9.73. The molecule has 0 bridgehead atoms. The number of para-hydroxylation sites is 2. The van der Waals surface area contributed by atoms with Crippen LogP contribution in [0.5, 0.6) is 5.75 Å². The van der Waals surface area contributed by atoms with Crippen molar-refractivity contribution in [2.75, 3.05) is 25.5 Å². The standard InChI is InChI=1S/C21H28N2O2/c1-3-4-5-6-9-12-21(13-15-22-16-14-21)17-20(24)23-18-10-7-8-11-19(18)25-2/h3-11,22H,1,12-17H2,2H3,(H,23,24)/b5-4-,9-6-. The molecule has 1 fully saturated rings. The van der Waals surface area contributed by atoms with Gasteiger partial charge in [0.2, 0.25) is 5.91 Å². The van der Waals surface area contributed by atoms with Crippen molar-refractivity contribution < 1.29 is 9.53 Å². The molecule has 0 radical (unpaired) electrons. The summed E-state index contributed by atoms with van der Waals surface area (Å²) in [7, 11) is 1.61. The van der Waals surface area contributed by atoms with E-state index in [0.717, 1.165) is 38.0 Å². The summed E-state index contributed by atoms with van der Waals surface area (Å²) in [4.78, 5) is 12.7. The van der Waals surface area contributed by atoms with Crippen LogP contribution in [0.4, 0.5) is 5.69 Å². The van der Waals surface area contributed by atoms with Crippen molar-refractivity contribution >= 4 is 11.6 Å². The van der Waals surface area contributed by atoms with Gasteiger partial charge in [-0.25, -0.2) is 0 Å². The van der Waals surface area contributed by atoms with Crippen LogP contribution in [0.2, 0.25) is 0 Å². The van der Waals surface area contributed by atoms with Gasteiger partial charge in [-0.3, -0.25) is 4.79 Å². The summed E-state index contributed by atoms with van der Waals surface area (Å²) in [6.45, 7) is 5.58. The molecule has 1 aliphatic heterocycles. The van der Waals surface area contributed by atoms with Crippen molar-refractivity contribution in [3.63, 3.8) is 0 Å². The molecule has 134 valence electrons. The number of benzene rings is 1. The molecular formula is C21H28N2O2. The number of piperidine rings is 1. The zero-order valence-corrected chi connectivity index (χ0v) is 15.0. The molecule has 1 aliphatic rings. The smallest absolute Gasteiger partial charge is 0.225 e. The SMILES string of the molecule is C=C/C=C\C=C/CC1(CC(=O)Nc2ccccc2OC)CCNCC1. The van der Waals surface area contributed by atoms with E-state index < -0.39 is 0 Å². The quantitative estimate of drug-likeness (QED) is 0.701. The summed E-state index contributed by atoms with van der Waals surface area (Å²) in [5.74, 6) is 0.728. The molecular weight excluding hydrogens is 312 g/mol. The fourth-order valence-electron chi connectivity index (χ4n) is 3.23. The number of amides is 1. The molecule has 2 rings (SSSR count). The minimum atomic E-state index is 0.00979. The molecule has 1 heterocycles. The Morgan fingerprint density at radius 1 is 1.28 bits per heavy atom. The second-order valence-electron chi connectivity index (χ2n) is 6.43. The first-order valence-corrected chi connectivity index (χ1v) is 8.77. The van der Waals surface area contributed by atoms with Crippen LogP contribution >= 0.6 is 0 Å². The number of hydrogen-bond donors (Lipinski definition) is 2. The molecule has 0 atom stereocenters. The molecule has 4 nitrogen and oxygen atoms in total. The summed E-state index contributed by atoms with van der Waals surface area (Å²) in [6.07, 6.45) is 13.2. The molecule has 1 aromatic carbocycles. The van der Waals surface area contributed by atoms with Gasteiger partial charge in [-0.15, -0.1) is 0 Å². The van der Waals surface area contributed by atoms with E-state index in [4.69, 9.17) is 4.74 Å². The van der Waals surface area contributed by atoms with Crippen LogP contribution in [-0.2, 0) is 4.79 Å². The van der Waals surface area contributed by atoms with Crippen molar-refractivity contribution in [3.8, 4) is 5.75 Å². The Morgan fingerprint density at radius 2 is 2.04 bits per heavy atom. The number of carbonyl (C=O) groups excluding carboxylic acids is 1. The number of methoxy groups -OCH3 is 1. The van der Waals surface area contributed by atoms with Gasteiger partial charge < -0.3 is 15.4 Å². The molecule has 4 heteroatoms. The molecule has 0 aromatic heterocycles. The number of carbonyl (C=O) groups is 1. The normalized spacial score (nSPS) is 16.8. The van der Waals surface area contributed by atoms with E-state index in [2.05, 4.69) is 23.3 Å². The van der Waals surface area contributed by atoms with Crippen LogP contribution in [-0.4, -0.2) is 26.1 Å². The van der Waals surface area contributed by atoms with Crippen LogP contribution in [0.1, 0.15) is 25.7 Å². The highest BCUT2D eigenvalue weighted by molar-refractivity contribution is 5.92. The van der Waals surface area contributed by atoms with Gasteiger partial charge >= 0.3 is 0 Å². The molecule has 0 saturated carbocycles. The van der Waals surface area contributed by atoms with Crippen molar-refractivity contribution in [2.24, 2.45) is 5.41 Å². The maximum absolute atomic E-state index is 12.7. The van der Waals surface area contributed by atoms with E-state index in [1.54, 1.807) is 13.2 Å². The topological polar surface area (TPSA) is 50.4 Å². The van der Waals surface area contributed by atoms with Crippen molar-refractivity contribution in [2.45, 2.75) is 25.7 Å². The maximum atomic E-state index is 12.7. The lowest BCUT2D eigenvalue weighted by Crippen LogP contribution is -2.39. The number of allylic oxidation sites excluding steroid dienone is 5. The first-order chi connectivity index (χ1) is 12.2. The van der Waals surface area contributed by atoms with Gasteiger partial charge in [0.25, 0.3) is 0 Å². The summed E-state index contributed by atoms with van der Waals surface area (Å²) >= 11 is 0. The first-order valence-electron chi connectivity index (χ1n) is 8.77. The molecule has 0 unspecified atom stereocenters. The van der Waals surface area contributed by atoms with Gasteiger partial charge in [0.15, 0.2) is 0 Å². The number of ether oxygens (including phenoxy) is 1. The van der Waals surface area contributed by atoms with Crippen molar-refractivity contribution in [3.05, 3.63) is 61.2 Å². The van der Waals surface area contributed by atoms with Crippen LogP contribution in [0, 0.1) is 5.41 Å². The fraction of sp³-hybridized carbons (Fsp3) is 0.381. The third-order valence-electron chi connectivity index (χ3n) is 4.63. The summed E-state index contributed by atoms with van der Waals surface area (Å²) in [5.41, 5.74) is 0.735. The molecule has 0 spiro atoms. The van der Waals surface area contributed by atoms with Gasteiger partial charge in [-0.2, -0.15) is 0 Å². The zero-order chi connectivity index (χ0) is 18.0. The Bertz CT molecular complexity index is 629. The third kappa shape index (κ3) is 5.91. The van der Waals surface area contributed by atoms with E-state index in [9.17, 15) is 4.79 Å².